The first kappa shape index (κ1) is 19.0. The summed E-state index contributed by atoms with van der Waals surface area (Å²) in [6, 6.07) is 7.51. The zero-order valence-electron chi connectivity index (χ0n) is 15.8. The molecule has 1 aromatic carbocycles. The molecular formula is C19H22N6OS. The Morgan fingerprint density at radius 2 is 1.89 bits per heavy atom. The third kappa shape index (κ3) is 4.71. The number of carbonyl (C=O) groups is 1. The monoisotopic (exact) mass is 382 g/mol. The summed E-state index contributed by atoms with van der Waals surface area (Å²) in [4.78, 5) is 25.6. The molecule has 0 unspecified atom stereocenters. The predicted octanol–water partition coefficient (Wildman–Crippen LogP) is 3.48. The van der Waals surface area contributed by atoms with Crippen LogP contribution in [0.3, 0.4) is 0 Å². The third-order valence-electron chi connectivity index (χ3n) is 4.19. The van der Waals surface area contributed by atoms with Crippen LogP contribution in [0.1, 0.15) is 29.2 Å². The molecular weight excluding hydrogens is 360 g/mol. The lowest BCUT2D eigenvalue weighted by atomic mass is 10.1. The van der Waals surface area contributed by atoms with Crippen LogP contribution >= 0.6 is 11.8 Å². The van der Waals surface area contributed by atoms with Gasteiger partial charge < -0.3 is 5.32 Å². The van der Waals surface area contributed by atoms with Crippen LogP contribution in [0.4, 0.5) is 5.69 Å². The van der Waals surface area contributed by atoms with Gasteiger partial charge in [0.1, 0.15) is 5.82 Å². The summed E-state index contributed by atoms with van der Waals surface area (Å²) in [7, 11) is 0. The number of nitrogens with zero attached hydrogens (tertiary/aromatic N) is 4. The van der Waals surface area contributed by atoms with Crippen LogP contribution in [0.25, 0.3) is 11.4 Å². The van der Waals surface area contributed by atoms with E-state index >= 15 is 0 Å². The van der Waals surface area contributed by atoms with Gasteiger partial charge in [0.2, 0.25) is 5.91 Å². The maximum Gasteiger partial charge on any atom is 0.224 e. The number of benzene rings is 1. The van der Waals surface area contributed by atoms with E-state index in [1.807, 2.05) is 51.3 Å². The lowest BCUT2D eigenvalue weighted by Crippen LogP contribution is -2.13. The maximum absolute atomic E-state index is 12.4. The Labute approximate surface area is 162 Å². The van der Waals surface area contributed by atoms with Crippen molar-refractivity contribution >= 4 is 23.4 Å². The van der Waals surface area contributed by atoms with Gasteiger partial charge in [-0.25, -0.2) is 15.0 Å². The zero-order valence-corrected chi connectivity index (χ0v) is 16.6. The first-order valence-corrected chi connectivity index (χ1v) is 9.86. The molecule has 27 heavy (non-hydrogen) atoms. The Morgan fingerprint density at radius 1 is 1.15 bits per heavy atom. The molecule has 0 aliphatic heterocycles. The summed E-state index contributed by atoms with van der Waals surface area (Å²) in [6.07, 6.45) is 2.93. The Balaban J connectivity index is 1.65. The van der Waals surface area contributed by atoms with E-state index in [0.717, 1.165) is 39.2 Å². The Kier molecular flexibility index (Phi) is 5.85. The topological polar surface area (TPSA) is 96.5 Å². The number of nitrogens with one attached hydrogen (secondary N) is 2. The van der Waals surface area contributed by atoms with E-state index in [2.05, 4.69) is 30.5 Å². The Morgan fingerprint density at radius 3 is 2.52 bits per heavy atom. The average Bonchev–Trinajstić information content (AvgIpc) is 3.07. The number of amides is 1. The maximum atomic E-state index is 12.4. The van der Waals surface area contributed by atoms with Crippen LogP contribution in [-0.2, 0) is 11.2 Å². The number of aryl methyl sites for hydroxylation is 3. The molecule has 0 bridgehead atoms. The molecule has 0 radical (unpaired) electrons. The average molecular weight is 382 g/mol. The van der Waals surface area contributed by atoms with Gasteiger partial charge in [0, 0.05) is 29.1 Å². The molecule has 3 aromatic rings. The van der Waals surface area contributed by atoms with E-state index in [1.165, 1.54) is 11.8 Å². The van der Waals surface area contributed by atoms with Crippen LogP contribution in [0, 0.1) is 20.8 Å². The lowest BCUT2D eigenvalue weighted by molar-refractivity contribution is -0.116. The minimum absolute atomic E-state index is 0.0499. The highest BCUT2D eigenvalue weighted by molar-refractivity contribution is 7.98. The second-order valence-corrected chi connectivity index (χ2v) is 7.01. The number of H-pyrrole nitrogens is 1. The highest BCUT2D eigenvalue weighted by Gasteiger charge is 2.11. The van der Waals surface area contributed by atoms with E-state index in [9.17, 15) is 4.79 Å². The van der Waals surface area contributed by atoms with Crippen molar-refractivity contribution in [2.45, 2.75) is 38.8 Å². The van der Waals surface area contributed by atoms with Gasteiger partial charge in [-0.1, -0.05) is 23.9 Å². The second kappa shape index (κ2) is 8.30. The van der Waals surface area contributed by atoms with Gasteiger partial charge in [-0.3, -0.25) is 9.89 Å². The molecule has 0 aliphatic rings. The van der Waals surface area contributed by atoms with Crippen molar-refractivity contribution < 1.29 is 4.79 Å². The molecule has 2 heterocycles. The van der Waals surface area contributed by atoms with Crippen molar-refractivity contribution in [1.82, 2.24) is 25.1 Å². The van der Waals surface area contributed by atoms with Gasteiger partial charge in [0.05, 0.1) is 0 Å². The van der Waals surface area contributed by atoms with Gasteiger partial charge in [-0.15, -0.1) is 0 Å². The van der Waals surface area contributed by atoms with Gasteiger partial charge in [0.15, 0.2) is 11.0 Å². The molecule has 0 fully saturated rings. The van der Waals surface area contributed by atoms with Gasteiger partial charge in [-0.2, -0.15) is 5.10 Å². The first-order chi connectivity index (χ1) is 13.0. The summed E-state index contributed by atoms with van der Waals surface area (Å²) >= 11 is 1.52. The standard InChI is InChI=1S/C19H22N6OS/c1-11-16(12(2)21-19(20-11)27-4)8-9-17(26)23-15-7-5-6-14(10-15)18-22-13(3)24-25-18/h5-7,10H,8-9H2,1-4H3,(H,23,26)(H,22,24,25). The number of rotatable bonds is 6. The summed E-state index contributed by atoms with van der Waals surface area (Å²) < 4.78 is 0. The fourth-order valence-electron chi connectivity index (χ4n) is 2.83. The molecule has 0 spiro atoms. The minimum atomic E-state index is -0.0499. The van der Waals surface area contributed by atoms with Crippen LogP contribution in [0.5, 0.6) is 0 Å². The molecule has 7 nitrogen and oxygen atoms in total. The van der Waals surface area contributed by atoms with Crippen LogP contribution < -0.4 is 5.32 Å². The minimum Gasteiger partial charge on any atom is -0.326 e. The largest absolute Gasteiger partial charge is 0.326 e. The van der Waals surface area contributed by atoms with E-state index in [-0.39, 0.29) is 5.91 Å². The summed E-state index contributed by atoms with van der Waals surface area (Å²) in [5.41, 5.74) is 4.48. The van der Waals surface area contributed by atoms with Crippen molar-refractivity contribution in [1.29, 1.82) is 0 Å². The van der Waals surface area contributed by atoms with Crippen molar-refractivity contribution in [3.8, 4) is 11.4 Å². The number of aromatic nitrogens is 5. The smallest absolute Gasteiger partial charge is 0.224 e. The summed E-state index contributed by atoms with van der Waals surface area (Å²) in [5, 5.41) is 10.7. The quantitative estimate of drug-likeness (QED) is 0.500. The van der Waals surface area contributed by atoms with E-state index < -0.39 is 0 Å². The number of aromatic amines is 1. The zero-order chi connectivity index (χ0) is 19.4. The molecule has 0 saturated heterocycles. The number of thioether (sulfide) groups is 1. The molecule has 3 rings (SSSR count). The van der Waals surface area contributed by atoms with Crippen molar-refractivity contribution in [2.75, 3.05) is 11.6 Å². The number of carbonyl (C=O) groups excluding carboxylic acids is 1. The van der Waals surface area contributed by atoms with E-state index in [4.69, 9.17) is 0 Å². The molecule has 0 aliphatic carbocycles. The third-order valence-corrected chi connectivity index (χ3v) is 4.73. The fourth-order valence-corrected chi connectivity index (χ4v) is 3.29. The van der Waals surface area contributed by atoms with Gasteiger partial charge >= 0.3 is 0 Å². The van der Waals surface area contributed by atoms with Crippen molar-refractivity contribution in [3.63, 3.8) is 0 Å². The van der Waals surface area contributed by atoms with Gasteiger partial charge in [0.25, 0.3) is 0 Å². The Bertz CT molecular complexity index is 945. The highest BCUT2D eigenvalue weighted by Crippen LogP contribution is 2.20. The highest BCUT2D eigenvalue weighted by atomic mass is 32.2. The normalized spacial score (nSPS) is 10.8. The Hall–Kier alpha value is -2.74. The number of anilines is 1. The number of hydrogen-bond donors (Lipinski definition) is 2. The van der Waals surface area contributed by atoms with Gasteiger partial charge in [-0.05, 0) is 51.1 Å². The molecule has 2 N–H and O–H groups in total. The molecule has 2 aromatic heterocycles. The SMILES string of the molecule is CSc1nc(C)c(CCC(=O)Nc2cccc(-c3n[nH]c(C)n3)c2)c(C)n1. The lowest BCUT2D eigenvalue weighted by Gasteiger charge is -2.10. The first-order valence-electron chi connectivity index (χ1n) is 8.63. The fraction of sp³-hybridized carbons (Fsp3) is 0.316. The molecule has 8 heteroatoms. The van der Waals surface area contributed by atoms with Crippen molar-refractivity contribution in [2.24, 2.45) is 0 Å². The van der Waals surface area contributed by atoms with E-state index in [1.54, 1.807) is 0 Å². The van der Waals surface area contributed by atoms with Crippen LogP contribution in [0.15, 0.2) is 29.4 Å². The van der Waals surface area contributed by atoms with Crippen LogP contribution in [-0.4, -0.2) is 37.3 Å². The summed E-state index contributed by atoms with van der Waals surface area (Å²) in [5.74, 6) is 1.31. The predicted molar refractivity (Wildman–Crippen MR) is 107 cm³/mol. The van der Waals surface area contributed by atoms with Crippen LogP contribution in [0.2, 0.25) is 0 Å². The molecule has 1 amide bonds. The molecule has 140 valence electrons. The van der Waals surface area contributed by atoms with E-state index in [0.29, 0.717) is 18.7 Å². The number of hydrogen-bond acceptors (Lipinski definition) is 6. The molecule has 0 atom stereocenters. The van der Waals surface area contributed by atoms with Crippen molar-refractivity contribution in [3.05, 3.63) is 47.0 Å². The summed E-state index contributed by atoms with van der Waals surface area (Å²) in [6.45, 7) is 5.77. The molecule has 0 saturated carbocycles. The second-order valence-electron chi connectivity index (χ2n) is 6.23.